The molecule has 0 aromatic heterocycles. The summed E-state index contributed by atoms with van der Waals surface area (Å²) in [6.45, 7) is 0.518. The monoisotopic (exact) mass is 277 g/mol. The van der Waals surface area contributed by atoms with E-state index in [0.717, 1.165) is 12.8 Å². The zero-order valence-corrected chi connectivity index (χ0v) is 11.2. The molecule has 1 heterocycles. The summed E-state index contributed by atoms with van der Waals surface area (Å²) in [4.78, 5) is 17.4. The highest BCUT2D eigenvalue weighted by molar-refractivity contribution is 6.04. The van der Waals surface area contributed by atoms with Crippen molar-refractivity contribution in [1.82, 2.24) is 4.90 Å². The maximum Gasteiger partial charge on any atom is 0.258 e. The minimum Gasteiger partial charge on any atom is -0.490 e. The number of rotatable bonds is 4. The first-order valence-electron chi connectivity index (χ1n) is 6.59. The van der Waals surface area contributed by atoms with Crippen LogP contribution in [0.25, 0.3) is 0 Å². The second-order valence-corrected chi connectivity index (χ2v) is 5.23. The number of hydrogen-bond acceptors (Lipinski definition) is 4. The predicted molar refractivity (Wildman–Crippen MR) is 71.8 cm³/mol. The summed E-state index contributed by atoms with van der Waals surface area (Å²) in [5.41, 5.74) is 6.21. The van der Waals surface area contributed by atoms with Gasteiger partial charge in [0.1, 0.15) is 0 Å². The molecule has 1 aliphatic carbocycles. The first-order valence-corrected chi connectivity index (χ1v) is 6.59. The number of ether oxygens (including phenoxy) is 1. The van der Waals surface area contributed by atoms with Crippen LogP contribution in [-0.4, -0.2) is 30.4 Å². The summed E-state index contributed by atoms with van der Waals surface area (Å²) in [6.07, 6.45) is 2.27. The van der Waals surface area contributed by atoms with Crippen LogP contribution < -0.4 is 10.5 Å². The van der Waals surface area contributed by atoms with E-state index in [2.05, 4.69) is 4.99 Å². The van der Waals surface area contributed by atoms with Crippen LogP contribution in [0.3, 0.4) is 0 Å². The number of nitrogens with two attached hydrogens (primary N) is 1. The number of carbonyl (C=O) groups is 1. The normalized spacial score (nSPS) is 22.1. The molecule has 1 saturated carbocycles. The molecule has 0 spiro atoms. The van der Waals surface area contributed by atoms with Crippen molar-refractivity contribution in [3.8, 4) is 5.75 Å². The van der Waals surface area contributed by atoms with E-state index in [4.69, 9.17) is 10.5 Å². The molecule has 20 heavy (non-hydrogen) atoms. The van der Waals surface area contributed by atoms with Gasteiger partial charge in [-0.15, -0.1) is 0 Å². The fraction of sp³-hybridized carbons (Fsp3) is 0.429. The Morgan fingerprint density at radius 1 is 1.50 bits per heavy atom. The third kappa shape index (κ3) is 2.33. The van der Waals surface area contributed by atoms with Gasteiger partial charge in [0.25, 0.3) is 5.91 Å². The molecule has 2 aliphatic rings. The van der Waals surface area contributed by atoms with Gasteiger partial charge < -0.3 is 10.5 Å². The molecular formula is C14H16FN3O2. The minimum absolute atomic E-state index is 0.171. The molecule has 2 N–H and O–H groups in total. The van der Waals surface area contributed by atoms with E-state index >= 15 is 0 Å². The van der Waals surface area contributed by atoms with Gasteiger partial charge >= 0.3 is 0 Å². The number of nitrogens with zero attached hydrogens (tertiary/aromatic N) is 2. The topological polar surface area (TPSA) is 67.9 Å². The van der Waals surface area contributed by atoms with Crippen LogP contribution in [0.2, 0.25) is 0 Å². The van der Waals surface area contributed by atoms with Gasteiger partial charge in [-0.05, 0) is 36.5 Å². The fourth-order valence-electron chi connectivity index (χ4n) is 2.08. The van der Waals surface area contributed by atoms with Crippen molar-refractivity contribution in [3.63, 3.8) is 0 Å². The molecule has 0 radical (unpaired) electrons. The summed E-state index contributed by atoms with van der Waals surface area (Å²) in [5.74, 6) is 0.230. The summed E-state index contributed by atoms with van der Waals surface area (Å²) in [7, 11) is 1.56. The summed E-state index contributed by atoms with van der Waals surface area (Å²) >= 11 is 0. The molecule has 1 aliphatic heterocycles. The SMILES string of the molecule is CN1C(=O)[C@@H](c2ccc(F)c(OCC3CC3)c2)N=C1N. The second kappa shape index (κ2) is 4.77. The Balaban J connectivity index is 1.83. The Bertz CT molecular complexity index is 584. The highest BCUT2D eigenvalue weighted by atomic mass is 19.1. The Morgan fingerprint density at radius 3 is 2.85 bits per heavy atom. The molecular weight excluding hydrogens is 261 g/mol. The number of aliphatic imine (C=N–C) groups is 1. The lowest BCUT2D eigenvalue weighted by Crippen LogP contribution is -2.34. The number of hydrogen-bond donors (Lipinski definition) is 1. The molecule has 0 bridgehead atoms. The van der Waals surface area contributed by atoms with Crippen LogP contribution >= 0.6 is 0 Å². The van der Waals surface area contributed by atoms with Crippen molar-refractivity contribution in [3.05, 3.63) is 29.6 Å². The molecule has 1 aromatic carbocycles. The molecule has 5 nitrogen and oxygen atoms in total. The Kier molecular flexibility index (Phi) is 3.08. The van der Waals surface area contributed by atoms with Gasteiger partial charge in [0.05, 0.1) is 6.61 Å². The Hall–Kier alpha value is -2.11. The van der Waals surface area contributed by atoms with E-state index in [1.54, 1.807) is 7.05 Å². The van der Waals surface area contributed by atoms with E-state index < -0.39 is 11.9 Å². The van der Waals surface area contributed by atoms with E-state index in [0.29, 0.717) is 18.1 Å². The van der Waals surface area contributed by atoms with Gasteiger partial charge in [0.15, 0.2) is 23.6 Å². The Labute approximate surface area is 116 Å². The lowest BCUT2D eigenvalue weighted by Gasteiger charge is -2.12. The number of likely N-dealkylation sites (N-methyl/N-ethyl adjacent to an activating group) is 1. The maximum absolute atomic E-state index is 13.7. The first kappa shape index (κ1) is 12.9. The first-order chi connectivity index (χ1) is 9.56. The van der Waals surface area contributed by atoms with Gasteiger partial charge in [0.2, 0.25) is 0 Å². The van der Waals surface area contributed by atoms with Crippen molar-refractivity contribution in [2.75, 3.05) is 13.7 Å². The average Bonchev–Trinajstić information content (AvgIpc) is 3.22. The summed E-state index contributed by atoms with van der Waals surface area (Å²) < 4.78 is 19.2. The largest absolute Gasteiger partial charge is 0.490 e. The third-order valence-electron chi connectivity index (χ3n) is 3.61. The van der Waals surface area contributed by atoms with Crippen LogP contribution in [0.15, 0.2) is 23.2 Å². The highest BCUT2D eigenvalue weighted by Crippen LogP contribution is 2.32. The van der Waals surface area contributed by atoms with E-state index in [9.17, 15) is 9.18 Å². The van der Waals surface area contributed by atoms with Crippen LogP contribution in [0.5, 0.6) is 5.75 Å². The number of guanidine groups is 1. The van der Waals surface area contributed by atoms with Crippen molar-refractivity contribution in [2.24, 2.45) is 16.6 Å². The van der Waals surface area contributed by atoms with Gasteiger partial charge in [-0.25, -0.2) is 9.38 Å². The van der Waals surface area contributed by atoms with Crippen molar-refractivity contribution >= 4 is 11.9 Å². The van der Waals surface area contributed by atoms with Crippen LogP contribution in [0.4, 0.5) is 4.39 Å². The van der Waals surface area contributed by atoms with E-state index in [1.165, 1.54) is 23.1 Å². The zero-order valence-electron chi connectivity index (χ0n) is 11.2. The molecule has 6 heteroatoms. The molecule has 1 atom stereocenters. The number of benzene rings is 1. The van der Waals surface area contributed by atoms with Gasteiger partial charge in [0, 0.05) is 7.05 Å². The second-order valence-electron chi connectivity index (χ2n) is 5.23. The fourth-order valence-corrected chi connectivity index (χ4v) is 2.08. The Morgan fingerprint density at radius 2 is 2.25 bits per heavy atom. The molecule has 1 amide bonds. The average molecular weight is 277 g/mol. The lowest BCUT2D eigenvalue weighted by molar-refractivity contribution is -0.126. The molecule has 0 unspecified atom stereocenters. The highest BCUT2D eigenvalue weighted by Gasteiger charge is 2.32. The predicted octanol–water partition coefficient (Wildman–Crippen LogP) is 1.44. The number of amides is 1. The maximum atomic E-state index is 13.7. The standard InChI is InChI=1S/C14H16FN3O2/c1-18-13(19)12(17-14(18)16)9-4-5-10(15)11(6-9)20-7-8-2-3-8/h4-6,8,12H,2-3,7H2,1H3,(H2,16,17)/t12-/m1/s1. The lowest BCUT2D eigenvalue weighted by atomic mass is 10.1. The van der Waals surface area contributed by atoms with Crippen LogP contribution in [-0.2, 0) is 4.79 Å². The molecule has 1 fully saturated rings. The van der Waals surface area contributed by atoms with Gasteiger partial charge in [-0.3, -0.25) is 9.69 Å². The van der Waals surface area contributed by atoms with Crippen molar-refractivity contribution in [1.29, 1.82) is 0 Å². The van der Waals surface area contributed by atoms with Crippen LogP contribution in [0, 0.1) is 11.7 Å². The number of halogens is 1. The van der Waals surface area contributed by atoms with Gasteiger partial charge in [-0.2, -0.15) is 0 Å². The molecule has 106 valence electrons. The molecule has 1 aromatic rings. The molecule has 3 rings (SSSR count). The smallest absolute Gasteiger partial charge is 0.258 e. The number of carbonyl (C=O) groups excluding carboxylic acids is 1. The van der Waals surface area contributed by atoms with E-state index in [1.807, 2.05) is 0 Å². The van der Waals surface area contributed by atoms with Crippen molar-refractivity contribution in [2.45, 2.75) is 18.9 Å². The quantitative estimate of drug-likeness (QED) is 0.905. The molecule has 0 saturated heterocycles. The van der Waals surface area contributed by atoms with Crippen molar-refractivity contribution < 1.29 is 13.9 Å². The summed E-state index contributed by atoms with van der Waals surface area (Å²) in [5, 5.41) is 0. The van der Waals surface area contributed by atoms with Gasteiger partial charge in [-0.1, -0.05) is 6.07 Å². The van der Waals surface area contributed by atoms with Crippen LogP contribution in [0.1, 0.15) is 24.4 Å². The summed E-state index contributed by atoms with van der Waals surface area (Å²) in [6, 6.07) is 3.67. The third-order valence-corrected chi connectivity index (χ3v) is 3.61. The zero-order chi connectivity index (χ0) is 14.3. The minimum atomic E-state index is -0.705. The van der Waals surface area contributed by atoms with E-state index in [-0.39, 0.29) is 17.6 Å².